The van der Waals surface area contributed by atoms with Crippen molar-refractivity contribution in [2.45, 2.75) is 19.1 Å². The van der Waals surface area contributed by atoms with Crippen molar-refractivity contribution in [3.8, 4) is 0 Å². The van der Waals surface area contributed by atoms with Crippen LogP contribution < -0.4 is 0 Å². The second-order valence-corrected chi connectivity index (χ2v) is 4.82. The van der Waals surface area contributed by atoms with E-state index in [1.807, 2.05) is 6.92 Å². The van der Waals surface area contributed by atoms with Gasteiger partial charge in [-0.25, -0.2) is 4.98 Å². The van der Waals surface area contributed by atoms with E-state index in [1.54, 1.807) is 0 Å². The highest BCUT2D eigenvalue weighted by Crippen LogP contribution is 2.18. The second-order valence-electron chi connectivity index (χ2n) is 3.59. The molecule has 5 nitrogen and oxygen atoms in total. The molecule has 0 saturated carbocycles. The number of nitrogens with zero attached hydrogens (tertiary/aromatic N) is 2. The zero-order valence-corrected chi connectivity index (χ0v) is 9.07. The number of aromatic nitrogens is 1. The smallest absolute Gasteiger partial charge is 0.265 e. The molecule has 0 aliphatic carbocycles. The Bertz CT molecular complexity index is 369. The predicted molar refractivity (Wildman–Crippen MR) is 54.8 cm³/mol. The highest BCUT2D eigenvalue weighted by atomic mass is 32.1. The second kappa shape index (κ2) is 3.88. The minimum atomic E-state index is -0.831. The number of aliphatic hydroxyl groups is 2. The molecular formula is C9H12N2O3S. The van der Waals surface area contributed by atoms with Crippen LogP contribution in [-0.4, -0.2) is 51.3 Å². The van der Waals surface area contributed by atoms with Crippen LogP contribution in [0.3, 0.4) is 0 Å². The topological polar surface area (TPSA) is 73.7 Å². The number of β-amino-alcohol motifs (C(OH)–C–C–N with tert-alkyl or cyclic N) is 2. The number of aryl methyl sites for hydroxylation is 1. The van der Waals surface area contributed by atoms with Crippen LogP contribution in [0.4, 0.5) is 0 Å². The summed E-state index contributed by atoms with van der Waals surface area (Å²) in [5, 5.41) is 19.5. The Balaban J connectivity index is 2.10. The zero-order chi connectivity index (χ0) is 11.0. The van der Waals surface area contributed by atoms with E-state index in [0.29, 0.717) is 4.88 Å². The summed E-state index contributed by atoms with van der Waals surface area (Å²) in [6, 6.07) is 0. The standard InChI is InChI=1S/C9H12N2O3S/c1-5-10-2-8(15-5)9(14)11-3-6(12)7(13)4-11/h2,6-7,12-13H,3-4H2,1H3/t6-,7+. The molecule has 0 radical (unpaired) electrons. The number of likely N-dealkylation sites (tertiary alicyclic amines) is 1. The molecule has 0 aromatic carbocycles. The molecule has 1 aromatic rings. The number of rotatable bonds is 1. The molecule has 2 atom stereocenters. The summed E-state index contributed by atoms with van der Waals surface area (Å²) in [4.78, 5) is 17.8. The monoisotopic (exact) mass is 228 g/mol. The third-order valence-corrected chi connectivity index (χ3v) is 3.28. The largest absolute Gasteiger partial charge is 0.388 e. The third kappa shape index (κ3) is 2.01. The summed E-state index contributed by atoms with van der Waals surface area (Å²) >= 11 is 1.32. The van der Waals surface area contributed by atoms with Gasteiger partial charge < -0.3 is 15.1 Å². The van der Waals surface area contributed by atoms with E-state index in [0.717, 1.165) is 5.01 Å². The highest BCUT2D eigenvalue weighted by Gasteiger charge is 2.33. The van der Waals surface area contributed by atoms with Gasteiger partial charge in [-0.3, -0.25) is 4.79 Å². The molecule has 1 aromatic heterocycles. The van der Waals surface area contributed by atoms with Gasteiger partial charge in [-0.2, -0.15) is 0 Å². The quantitative estimate of drug-likeness (QED) is 0.687. The Morgan fingerprint density at radius 1 is 1.53 bits per heavy atom. The van der Waals surface area contributed by atoms with E-state index in [2.05, 4.69) is 4.98 Å². The van der Waals surface area contributed by atoms with Crippen molar-refractivity contribution in [2.24, 2.45) is 0 Å². The molecule has 0 unspecified atom stereocenters. The first-order valence-corrected chi connectivity index (χ1v) is 5.47. The van der Waals surface area contributed by atoms with Crippen LogP contribution >= 0.6 is 11.3 Å². The average molecular weight is 228 g/mol. The molecule has 2 heterocycles. The van der Waals surface area contributed by atoms with E-state index in [-0.39, 0.29) is 19.0 Å². The Hall–Kier alpha value is -0.980. The van der Waals surface area contributed by atoms with Crippen LogP contribution in [-0.2, 0) is 0 Å². The van der Waals surface area contributed by atoms with Crippen molar-refractivity contribution >= 4 is 17.2 Å². The number of hydrogen-bond acceptors (Lipinski definition) is 5. The van der Waals surface area contributed by atoms with Gasteiger partial charge in [0.15, 0.2) is 0 Å². The number of hydrogen-bond donors (Lipinski definition) is 2. The fraction of sp³-hybridized carbons (Fsp3) is 0.556. The lowest BCUT2D eigenvalue weighted by molar-refractivity contribution is 0.0572. The summed E-state index contributed by atoms with van der Waals surface area (Å²) in [6.45, 7) is 2.21. The van der Waals surface area contributed by atoms with E-state index < -0.39 is 12.2 Å². The van der Waals surface area contributed by atoms with Crippen LogP contribution in [0.15, 0.2) is 6.20 Å². The summed E-state index contributed by atoms with van der Waals surface area (Å²) in [7, 11) is 0. The minimum absolute atomic E-state index is 0.170. The van der Waals surface area contributed by atoms with Crippen molar-refractivity contribution in [2.75, 3.05) is 13.1 Å². The van der Waals surface area contributed by atoms with Crippen molar-refractivity contribution in [1.29, 1.82) is 0 Å². The molecule has 1 saturated heterocycles. The average Bonchev–Trinajstić information content (AvgIpc) is 2.74. The maximum atomic E-state index is 11.8. The van der Waals surface area contributed by atoms with Gasteiger partial charge in [0.2, 0.25) is 0 Å². The maximum absolute atomic E-state index is 11.8. The number of amides is 1. The molecule has 2 rings (SSSR count). The van der Waals surface area contributed by atoms with E-state index >= 15 is 0 Å². The first-order valence-electron chi connectivity index (χ1n) is 4.66. The van der Waals surface area contributed by atoms with Crippen LogP contribution in [0.1, 0.15) is 14.7 Å². The van der Waals surface area contributed by atoms with Crippen LogP contribution in [0, 0.1) is 6.92 Å². The van der Waals surface area contributed by atoms with Gasteiger partial charge in [0.25, 0.3) is 5.91 Å². The van der Waals surface area contributed by atoms with Crippen molar-refractivity contribution in [1.82, 2.24) is 9.88 Å². The summed E-state index contributed by atoms with van der Waals surface area (Å²) in [6.07, 6.45) is -0.134. The van der Waals surface area contributed by atoms with Crippen LogP contribution in [0.2, 0.25) is 0 Å². The molecule has 2 N–H and O–H groups in total. The van der Waals surface area contributed by atoms with Gasteiger partial charge in [-0.1, -0.05) is 0 Å². The SMILES string of the molecule is Cc1ncc(C(=O)N2C[C@@H](O)[C@@H](O)C2)s1. The molecule has 6 heteroatoms. The predicted octanol–water partition coefficient (Wildman–Crippen LogP) is -0.371. The Morgan fingerprint density at radius 2 is 2.13 bits per heavy atom. The summed E-state index contributed by atoms with van der Waals surface area (Å²) in [5.74, 6) is -0.170. The lowest BCUT2D eigenvalue weighted by Gasteiger charge is -2.13. The zero-order valence-electron chi connectivity index (χ0n) is 8.25. The van der Waals surface area contributed by atoms with Crippen molar-refractivity contribution in [3.05, 3.63) is 16.1 Å². The Labute approximate surface area is 91.0 Å². The highest BCUT2D eigenvalue weighted by molar-refractivity contribution is 7.13. The Morgan fingerprint density at radius 3 is 2.60 bits per heavy atom. The molecule has 0 spiro atoms. The van der Waals surface area contributed by atoms with Crippen LogP contribution in [0.5, 0.6) is 0 Å². The van der Waals surface area contributed by atoms with Gasteiger partial charge in [-0.15, -0.1) is 11.3 Å². The van der Waals surface area contributed by atoms with Gasteiger partial charge in [0, 0.05) is 13.1 Å². The molecule has 1 fully saturated rings. The number of thiazole rings is 1. The molecule has 1 aliphatic heterocycles. The fourth-order valence-corrected chi connectivity index (χ4v) is 2.30. The van der Waals surface area contributed by atoms with E-state index in [1.165, 1.54) is 22.4 Å². The van der Waals surface area contributed by atoms with Gasteiger partial charge >= 0.3 is 0 Å². The van der Waals surface area contributed by atoms with Gasteiger partial charge in [-0.05, 0) is 6.92 Å². The summed E-state index contributed by atoms with van der Waals surface area (Å²) in [5.41, 5.74) is 0. The Kier molecular flexibility index (Phi) is 2.72. The van der Waals surface area contributed by atoms with E-state index in [4.69, 9.17) is 0 Å². The number of carbonyl (C=O) groups is 1. The first kappa shape index (κ1) is 10.5. The summed E-state index contributed by atoms with van der Waals surface area (Å²) < 4.78 is 0. The molecule has 0 bridgehead atoms. The third-order valence-electron chi connectivity index (χ3n) is 2.38. The van der Waals surface area contributed by atoms with Gasteiger partial charge in [0.05, 0.1) is 23.4 Å². The lowest BCUT2D eigenvalue weighted by Crippen LogP contribution is -2.29. The van der Waals surface area contributed by atoms with Crippen molar-refractivity contribution < 1.29 is 15.0 Å². The molecule has 82 valence electrons. The molecule has 15 heavy (non-hydrogen) atoms. The van der Waals surface area contributed by atoms with E-state index in [9.17, 15) is 15.0 Å². The number of aliphatic hydroxyl groups excluding tert-OH is 2. The lowest BCUT2D eigenvalue weighted by atomic mass is 10.3. The fourth-order valence-electron chi connectivity index (χ4n) is 1.55. The first-order chi connectivity index (χ1) is 7.08. The van der Waals surface area contributed by atoms with Crippen molar-refractivity contribution in [3.63, 3.8) is 0 Å². The molecule has 1 amide bonds. The maximum Gasteiger partial charge on any atom is 0.265 e. The normalized spacial score (nSPS) is 25.9. The molecular weight excluding hydrogens is 216 g/mol. The minimum Gasteiger partial charge on any atom is -0.388 e. The molecule has 1 aliphatic rings. The van der Waals surface area contributed by atoms with Crippen LogP contribution in [0.25, 0.3) is 0 Å². The number of carbonyl (C=O) groups excluding carboxylic acids is 1. The van der Waals surface area contributed by atoms with Gasteiger partial charge in [0.1, 0.15) is 4.88 Å².